The van der Waals surface area contributed by atoms with Gasteiger partial charge < -0.3 is 5.32 Å². The number of carbonyl (C=O) groups is 1. The maximum absolute atomic E-state index is 13.2. The van der Waals surface area contributed by atoms with Crippen LogP contribution in [0.25, 0.3) is 0 Å². The Morgan fingerprint density at radius 1 is 1.29 bits per heavy atom. The van der Waals surface area contributed by atoms with Crippen molar-refractivity contribution in [3.63, 3.8) is 0 Å². The van der Waals surface area contributed by atoms with E-state index < -0.39 is 0 Å². The van der Waals surface area contributed by atoms with Gasteiger partial charge in [0, 0.05) is 38.4 Å². The van der Waals surface area contributed by atoms with Crippen LogP contribution in [0.15, 0.2) is 41.1 Å². The van der Waals surface area contributed by atoms with Gasteiger partial charge in [0.05, 0.1) is 6.04 Å². The van der Waals surface area contributed by atoms with Gasteiger partial charge in [-0.1, -0.05) is 6.07 Å². The van der Waals surface area contributed by atoms with Crippen LogP contribution in [-0.2, 0) is 11.3 Å². The van der Waals surface area contributed by atoms with E-state index in [9.17, 15) is 9.18 Å². The van der Waals surface area contributed by atoms with Crippen LogP contribution in [0, 0.1) is 5.82 Å². The van der Waals surface area contributed by atoms with E-state index in [1.807, 2.05) is 6.92 Å². The fraction of sp³-hybridized carbons (Fsp3) is 0.389. The first kappa shape index (κ1) is 17.1. The summed E-state index contributed by atoms with van der Waals surface area (Å²) in [6.07, 6.45) is 0. The second-order valence-corrected chi connectivity index (χ2v) is 6.90. The van der Waals surface area contributed by atoms with Crippen molar-refractivity contribution in [2.75, 3.05) is 31.5 Å². The lowest BCUT2D eigenvalue weighted by Crippen LogP contribution is -2.52. The molecule has 1 aliphatic heterocycles. The van der Waals surface area contributed by atoms with E-state index >= 15 is 0 Å². The standard InChI is InChI=1S/C18H22FN3OS/c1-14(18(23)20-17-4-2-3-16(19)11-17)22-8-6-21(7-9-22)12-15-5-10-24-13-15/h2-5,10-11,13-14H,6-9,12H2,1H3,(H,20,23)/t14-/m0/s1. The molecule has 24 heavy (non-hydrogen) atoms. The number of nitrogens with zero attached hydrogens (tertiary/aromatic N) is 2. The predicted molar refractivity (Wildman–Crippen MR) is 95.7 cm³/mol. The SMILES string of the molecule is C[C@@H](C(=O)Nc1cccc(F)c1)N1CCN(Cc2ccsc2)CC1. The van der Waals surface area contributed by atoms with Gasteiger partial charge >= 0.3 is 0 Å². The zero-order valence-electron chi connectivity index (χ0n) is 13.7. The van der Waals surface area contributed by atoms with E-state index in [4.69, 9.17) is 0 Å². The number of rotatable bonds is 5. The van der Waals surface area contributed by atoms with Crippen LogP contribution in [0.5, 0.6) is 0 Å². The summed E-state index contributed by atoms with van der Waals surface area (Å²) in [5.74, 6) is -0.436. The molecule has 0 bridgehead atoms. The Morgan fingerprint density at radius 2 is 2.08 bits per heavy atom. The van der Waals surface area contributed by atoms with Crippen LogP contribution in [0.4, 0.5) is 10.1 Å². The van der Waals surface area contributed by atoms with Crippen molar-refractivity contribution in [2.24, 2.45) is 0 Å². The Bertz CT molecular complexity index is 669. The number of halogens is 1. The first-order valence-corrected chi connectivity index (χ1v) is 9.10. The van der Waals surface area contributed by atoms with Gasteiger partial charge in [0.2, 0.25) is 5.91 Å². The molecule has 1 N–H and O–H groups in total. The second-order valence-electron chi connectivity index (χ2n) is 6.12. The van der Waals surface area contributed by atoms with Crippen LogP contribution in [0.3, 0.4) is 0 Å². The number of amides is 1. The van der Waals surface area contributed by atoms with E-state index in [-0.39, 0.29) is 17.8 Å². The Balaban J connectivity index is 1.49. The van der Waals surface area contributed by atoms with E-state index in [1.54, 1.807) is 23.5 Å². The Hall–Kier alpha value is -1.76. The Morgan fingerprint density at radius 3 is 2.75 bits per heavy atom. The van der Waals surface area contributed by atoms with Crippen LogP contribution in [-0.4, -0.2) is 47.9 Å². The number of piperazine rings is 1. The van der Waals surface area contributed by atoms with Crippen molar-refractivity contribution in [1.29, 1.82) is 0 Å². The predicted octanol–water partition coefficient (Wildman–Crippen LogP) is 3.03. The van der Waals surface area contributed by atoms with Crippen LogP contribution in [0.1, 0.15) is 12.5 Å². The third-order valence-corrected chi connectivity index (χ3v) is 5.14. The highest BCUT2D eigenvalue weighted by Crippen LogP contribution is 2.14. The third kappa shape index (κ3) is 4.41. The molecule has 1 fully saturated rings. The lowest BCUT2D eigenvalue weighted by Gasteiger charge is -2.37. The molecule has 1 saturated heterocycles. The van der Waals surface area contributed by atoms with Gasteiger partial charge in [0.1, 0.15) is 5.82 Å². The van der Waals surface area contributed by atoms with Crippen LogP contribution in [0.2, 0.25) is 0 Å². The summed E-state index contributed by atoms with van der Waals surface area (Å²) in [4.78, 5) is 17.0. The Kier molecular flexibility index (Phi) is 5.60. The first-order chi connectivity index (χ1) is 11.6. The molecule has 128 valence electrons. The smallest absolute Gasteiger partial charge is 0.241 e. The van der Waals surface area contributed by atoms with Gasteiger partial charge in [0.15, 0.2) is 0 Å². The molecule has 0 radical (unpaired) electrons. The number of carbonyl (C=O) groups excluding carboxylic acids is 1. The summed E-state index contributed by atoms with van der Waals surface area (Å²) in [6, 6.07) is 7.93. The van der Waals surface area contributed by atoms with Gasteiger partial charge in [0.25, 0.3) is 0 Å². The highest BCUT2D eigenvalue weighted by molar-refractivity contribution is 7.07. The van der Waals surface area contributed by atoms with Crippen LogP contribution < -0.4 is 5.32 Å². The summed E-state index contributed by atoms with van der Waals surface area (Å²) in [5, 5.41) is 7.08. The monoisotopic (exact) mass is 347 g/mol. The zero-order chi connectivity index (χ0) is 16.9. The second kappa shape index (κ2) is 7.88. The quantitative estimate of drug-likeness (QED) is 0.903. The lowest BCUT2D eigenvalue weighted by atomic mass is 10.2. The molecule has 0 saturated carbocycles. The minimum absolute atomic E-state index is 0.0908. The number of anilines is 1. The lowest BCUT2D eigenvalue weighted by molar-refractivity contribution is -0.121. The zero-order valence-corrected chi connectivity index (χ0v) is 14.6. The molecule has 1 aliphatic rings. The maximum atomic E-state index is 13.2. The minimum Gasteiger partial charge on any atom is -0.325 e. The summed E-state index contributed by atoms with van der Waals surface area (Å²) in [6.45, 7) is 6.51. The molecule has 1 aromatic carbocycles. The first-order valence-electron chi connectivity index (χ1n) is 8.16. The molecule has 4 nitrogen and oxygen atoms in total. The van der Waals surface area contributed by atoms with E-state index in [0.29, 0.717) is 5.69 Å². The minimum atomic E-state index is -0.345. The highest BCUT2D eigenvalue weighted by atomic mass is 32.1. The number of nitrogens with one attached hydrogen (secondary N) is 1. The molecule has 0 spiro atoms. The molecule has 0 aliphatic carbocycles. The van der Waals surface area contributed by atoms with Gasteiger partial charge in [-0.2, -0.15) is 11.3 Å². The van der Waals surface area contributed by atoms with Crippen molar-refractivity contribution in [1.82, 2.24) is 9.80 Å². The average molecular weight is 347 g/mol. The molecule has 1 amide bonds. The van der Waals surface area contributed by atoms with Crippen LogP contribution >= 0.6 is 11.3 Å². The van der Waals surface area contributed by atoms with Crippen molar-refractivity contribution in [3.8, 4) is 0 Å². The highest BCUT2D eigenvalue weighted by Gasteiger charge is 2.25. The fourth-order valence-electron chi connectivity index (χ4n) is 2.93. The van der Waals surface area contributed by atoms with Gasteiger partial charge in [-0.3, -0.25) is 14.6 Å². The van der Waals surface area contributed by atoms with Gasteiger partial charge in [-0.05, 0) is 47.5 Å². The normalized spacial score (nSPS) is 17.6. The molecule has 0 unspecified atom stereocenters. The van der Waals surface area contributed by atoms with E-state index in [0.717, 1.165) is 32.7 Å². The third-order valence-electron chi connectivity index (χ3n) is 4.41. The van der Waals surface area contributed by atoms with E-state index in [2.05, 4.69) is 31.9 Å². The number of hydrogen-bond donors (Lipinski definition) is 1. The topological polar surface area (TPSA) is 35.6 Å². The molecule has 3 rings (SSSR count). The Labute approximate surface area is 145 Å². The molecular weight excluding hydrogens is 325 g/mol. The fourth-order valence-corrected chi connectivity index (χ4v) is 3.59. The average Bonchev–Trinajstić information content (AvgIpc) is 3.08. The van der Waals surface area contributed by atoms with Crippen molar-refractivity contribution in [3.05, 3.63) is 52.5 Å². The molecule has 2 heterocycles. The van der Waals surface area contributed by atoms with Crippen molar-refractivity contribution < 1.29 is 9.18 Å². The summed E-state index contributed by atoms with van der Waals surface area (Å²) < 4.78 is 13.2. The summed E-state index contributed by atoms with van der Waals surface area (Å²) in [5.41, 5.74) is 1.85. The van der Waals surface area contributed by atoms with Gasteiger partial charge in [-0.15, -0.1) is 0 Å². The number of hydrogen-bond acceptors (Lipinski definition) is 4. The van der Waals surface area contributed by atoms with Crippen molar-refractivity contribution in [2.45, 2.75) is 19.5 Å². The summed E-state index contributed by atoms with van der Waals surface area (Å²) >= 11 is 1.72. The molecule has 1 aromatic heterocycles. The van der Waals surface area contributed by atoms with Crippen molar-refractivity contribution >= 4 is 22.9 Å². The molecule has 2 aromatic rings. The molecular formula is C18H22FN3OS. The number of benzene rings is 1. The largest absolute Gasteiger partial charge is 0.325 e. The maximum Gasteiger partial charge on any atom is 0.241 e. The number of thiophene rings is 1. The summed E-state index contributed by atoms with van der Waals surface area (Å²) in [7, 11) is 0. The molecule has 1 atom stereocenters. The molecule has 6 heteroatoms. The van der Waals surface area contributed by atoms with E-state index in [1.165, 1.54) is 17.7 Å². The van der Waals surface area contributed by atoms with Gasteiger partial charge in [-0.25, -0.2) is 4.39 Å².